The van der Waals surface area contributed by atoms with E-state index in [9.17, 15) is 9.59 Å². The van der Waals surface area contributed by atoms with E-state index in [0.717, 1.165) is 28.4 Å². The third-order valence-electron chi connectivity index (χ3n) is 3.75. The molecule has 0 aliphatic carbocycles. The van der Waals surface area contributed by atoms with Crippen molar-refractivity contribution in [3.8, 4) is 5.69 Å². The van der Waals surface area contributed by atoms with Gasteiger partial charge < -0.3 is 4.74 Å². The molecule has 0 N–H and O–H groups in total. The number of benzene rings is 1. The fourth-order valence-electron chi connectivity index (χ4n) is 2.42. The van der Waals surface area contributed by atoms with Crippen LogP contribution in [0, 0.1) is 13.8 Å². The maximum Gasteiger partial charge on any atom is 0.341 e. The van der Waals surface area contributed by atoms with E-state index in [1.54, 1.807) is 14.6 Å². The molecule has 3 rings (SSSR count). The highest BCUT2D eigenvalue weighted by atomic mass is 32.1. The second kappa shape index (κ2) is 6.84. The summed E-state index contributed by atoms with van der Waals surface area (Å²) in [6.07, 6.45) is 1.51. The van der Waals surface area contributed by atoms with Crippen molar-refractivity contribution in [2.75, 3.05) is 6.61 Å². The van der Waals surface area contributed by atoms with E-state index in [1.807, 2.05) is 44.2 Å². The Labute approximate surface area is 142 Å². The molecule has 0 aliphatic heterocycles. The minimum atomic E-state index is -0.435. The molecule has 0 bridgehead atoms. The number of hydrogen-bond donors (Lipinski definition) is 0. The Morgan fingerprint density at radius 2 is 2.00 bits per heavy atom. The molecular weight excluding hydrogens is 326 g/mol. The number of esters is 1. The van der Waals surface area contributed by atoms with Crippen LogP contribution >= 0.6 is 11.3 Å². The molecule has 0 unspecified atom stereocenters. The normalized spacial score (nSPS) is 10.8. The minimum Gasteiger partial charge on any atom is -0.460 e. The second-order valence-corrected chi connectivity index (χ2v) is 6.14. The lowest BCUT2D eigenvalue weighted by Gasteiger charge is -2.07. The summed E-state index contributed by atoms with van der Waals surface area (Å²) >= 11 is 1.14. The van der Waals surface area contributed by atoms with Crippen molar-refractivity contribution in [1.29, 1.82) is 0 Å². The van der Waals surface area contributed by atoms with Crippen LogP contribution in [-0.4, -0.2) is 26.9 Å². The lowest BCUT2D eigenvalue weighted by molar-refractivity contribution is 0.0489. The average molecular weight is 343 g/mol. The molecule has 0 fully saturated rings. The van der Waals surface area contributed by atoms with Crippen molar-refractivity contribution in [3.05, 3.63) is 68.5 Å². The molecule has 0 spiro atoms. The van der Waals surface area contributed by atoms with Crippen LogP contribution < -0.4 is 4.87 Å². The molecule has 0 amide bonds. The van der Waals surface area contributed by atoms with Crippen molar-refractivity contribution >= 4 is 17.3 Å². The molecule has 7 heteroatoms. The summed E-state index contributed by atoms with van der Waals surface area (Å²) in [6.45, 7) is 4.18. The quantitative estimate of drug-likeness (QED) is 0.668. The Morgan fingerprint density at radius 3 is 2.67 bits per heavy atom. The van der Waals surface area contributed by atoms with E-state index in [1.165, 1.54) is 6.20 Å². The standard InChI is InChI=1S/C17H17N3O3S/c1-12-11-24-17(22)19(12)8-9-23-16(21)15-10-18-20(13(15)2)14-6-4-3-5-7-14/h3-7,10-11H,8-9H2,1-2H3. The number of carbonyl (C=O) groups excluding carboxylic acids is 1. The largest absolute Gasteiger partial charge is 0.460 e. The number of carbonyl (C=O) groups is 1. The molecule has 0 aliphatic rings. The summed E-state index contributed by atoms with van der Waals surface area (Å²) in [5.74, 6) is -0.435. The molecule has 3 aromatic rings. The van der Waals surface area contributed by atoms with E-state index in [-0.39, 0.29) is 11.5 Å². The molecule has 0 saturated heterocycles. The number of nitrogens with zero attached hydrogens (tertiary/aromatic N) is 3. The van der Waals surface area contributed by atoms with Crippen molar-refractivity contribution in [1.82, 2.24) is 14.3 Å². The number of hydrogen-bond acceptors (Lipinski definition) is 5. The molecule has 6 nitrogen and oxygen atoms in total. The van der Waals surface area contributed by atoms with Crippen LogP contribution in [0.5, 0.6) is 0 Å². The Bertz CT molecular complexity index is 909. The number of aromatic nitrogens is 3. The summed E-state index contributed by atoms with van der Waals surface area (Å²) in [5, 5.41) is 6.05. The van der Waals surface area contributed by atoms with Gasteiger partial charge in [-0.2, -0.15) is 5.10 Å². The molecule has 0 atom stereocenters. The summed E-state index contributed by atoms with van der Waals surface area (Å²) in [6, 6.07) is 9.58. The predicted octanol–water partition coefficient (Wildman–Crippen LogP) is 2.57. The van der Waals surface area contributed by atoms with Gasteiger partial charge in [0.1, 0.15) is 12.2 Å². The summed E-state index contributed by atoms with van der Waals surface area (Å²) in [7, 11) is 0. The van der Waals surface area contributed by atoms with Crippen LogP contribution in [0.1, 0.15) is 21.7 Å². The zero-order chi connectivity index (χ0) is 17.1. The molecule has 2 aromatic heterocycles. The molecule has 1 aromatic carbocycles. The Kier molecular flexibility index (Phi) is 4.61. The highest BCUT2D eigenvalue weighted by molar-refractivity contribution is 7.07. The van der Waals surface area contributed by atoms with Gasteiger partial charge in [0.05, 0.1) is 24.1 Å². The zero-order valence-corrected chi connectivity index (χ0v) is 14.2. The predicted molar refractivity (Wildman–Crippen MR) is 91.9 cm³/mol. The van der Waals surface area contributed by atoms with E-state index >= 15 is 0 Å². The first-order valence-corrected chi connectivity index (χ1v) is 8.38. The third kappa shape index (κ3) is 3.16. The topological polar surface area (TPSA) is 66.1 Å². The molecule has 124 valence electrons. The van der Waals surface area contributed by atoms with E-state index in [2.05, 4.69) is 5.10 Å². The maximum absolute atomic E-state index is 12.2. The maximum atomic E-state index is 12.2. The van der Waals surface area contributed by atoms with Crippen molar-refractivity contribution < 1.29 is 9.53 Å². The summed E-state index contributed by atoms with van der Waals surface area (Å²) in [5.41, 5.74) is 2.90. The molecule has 0 radical (unpaired) electrons. The van der Waals surface area contributed by atoms with Gasteiger partial charge in [0.25, 0.3) is 0 Å². The highest BCUT2D eigenvalue weighted by Gasteiger charge is 2.16. The zero-order valence-electron chi connectivity index (χ0n) is 13.4. The van der Waals surface area contributed by atoms with Crippen LogP contribution in [0.3, 0.4) is 0 Å². The van der Waals surface area contributed by atoms with Crippen LogP contribution in [-0.2, 0) is 11.3 Å². The number of para-hydroxylation sites is 1. The van der Waals surface area contributed by atoms with Gasteiger partial charge in [-0.1, -0.05) is 29.5 Å². The number of thiazole rings is 1. The lowest BCUT2D eigenvalue weighted by atomic mass is 10.2. The van der Waals surface area contributed by atoms with Crippen LogP contribution in [0.2, 0.25) is 0 Å². The molecule has 0 saturated carbocycles. The van der Waals surface area contributed by atoms with Gasteiger partial charge in [-0.15, -0.1) is 0 Å². The average Bonchev–Trinajstić information content (AvgIpc) is 3.12. The van der Waals surface area contributed by atoms with Gasteiger partial charge in [0.15, 0.2) is 0 Å². The van der Waals surface area contributed by atoms with Crippen LogP contribution in [0.15, 0.2) is 46.7 Å². The van der Waals surface area contributed by atoms with Crippen LogP contribution in [0.4, 0.5) is 0 Å². The fraction of sp³-hybridized carbons (Fsp3) is 0.235. The summed E-state index contributed by atoms with van der Waals surface area (Å²) in [4.78, 5) is 23.8. The van der Waals surface area contributed by atoms with E-state index in [0.29, 0.717) is 12.1 Å². The van der Waals surface area contributed by atoms with Crippen molar-refractivity contribution in [2.45, 2.75) is 20.4 Å². The first-order chi connectivity index (χ1) is 11.6. The molecule has 2 heterocycles. The first-order valence-electron chi connectivity index (χ1n) is 7.50. The number of rotatable bonds is 5. The van der Waals surface area contributed by atoms with Gasteiger partial charge in [-0.25, -0.2) is 9.48 Å². The third-order valence-corrected chi connectivity index (χ3v) is 4.64. The van der Waals surface area contributed by atoms with Crippen molar-refractivity contribution in [3.63, 3.8) is 0 Å². The summed E-state index contributed by atoms with van der Waals surface area (Å²) < 4.78 is 8.59. The van der Waals surface area contributed by atoms with Gasteiger partial charge in [0.2, 0.25) is 0 Å². The minimum absolute atomic E-state index is 0.0448. The monoisotopic (exact) mass is 343 g/mol. The highest BCUT2D eigenvalue weighted by Crippen LogP contribution is 2.14. The number of ether oxygens (including phenoxy) is 1. The van der Waals surface area contributed by atoms with E-state index < -0.39 is 5.97 Å². The lowest BCUT2D eigenvalue weighted by Crippen LogP contribution is -2.19. The Balaban J connectivity index is 1.68. The van der Waals surface area contributed by atoms with Gasteiger partial charge in [-0.3, -0.25) is 9.36 Å². The fourth-order valence-corrected chi connectivity index (χ4v) is 3.18. The second-order valence-electron chi connectivity index (χ2n) is 5.32. The van der Waals surface area contributed by atoms with E-state index in [4.69, 9.17) is 4.74 Å². The Morgan fingerprint density at radius 1 is 1.25 bits per heavy atom. The first kappa shape index (κ1) is 16.2. The number of aryl methyl sites for hydroxylation is 1. The van der Waals surface area contributed by atoms with Gasteiger partial charge >= 0.3 is 10.8 Å². The van der Waals surface area contributed by atoms with Gasteiger partial charge in [-0.05, 0) is 26.0 Å². The van der Waals surface area contributed by atoms with Crippen LogP contribution in [0.25, 0.3) is 5.69 Å². The van der Waals surface area contributed by atoms with Gasteiger partial charge in [0, 0.05) is 11.1 Å². The smallest absolute Gasteiger partial charge is 0.341 e. The SMILES string of the molecule is Cc1c(C(=O)OCCn2c(C)csc2=O)cnn1-c1ccccc1. The van der Waals surface area contributed by atoms with Crippen molar-refractivity contribution in [2.24, 2.45) is 0 Å². The molecular formula is C17H17N3O3S. The molecule has 24 heavy (non-hydrogen) atoms. The Hall–Kier alpha value is -2.67.